The van der Waals surface area contributed by atoms with Crippen molar-refractivity contribution in [3.63, 3.8) is 0 Å². The molecular weight excluding hydrogens is 268 g/mol. The average molecular weight is 288 g/mol. The first-order chi connectivity index (χ1) is 10.6. The summed E-state index contributed by atoms with van der Waals surface area (Å²) in [4.78, 5) is 0. The van der Waals surface area contributed by atoms with Crippen molar-refractivity contribution in [2.45, 2.75) is 20.8 Å². The summed E-state index contributed by atoms with van der Waals surface area (Å²) in [6.07, 6.45) is 2.22. The Morgan fingerprint density at radius 2 is 1.41 bits per heavy atom. The van der Waals surface area contributed by atoms with Gasteiger partial charge >= 0.3 is 0 Å². The van der Waals surface area contributed by atoms with Gasteiger partial charge in [-0.2, -0.15) is 0 Å². The lowest BCUT2D eigenvalue weighted by atomic mass is 10.1. The molecule has 0 N–H and O–H groups in total. The van der Waals surface area contributed by atoms with Crippen LogP contribution in [-0.4, -0.2) is 9.13 Å². The third-order valence-electron chi connectivity index (χ3n) is 4.62. The maximum atomic E-state index is 2.44. The maximum Gasteiger partial charge on any atom is 0.0750 e. The number of hydrogen-bond acceptors (Lipinski definition) is 0. The number of para-hydroxylation sites is 2. The van der Waals surface area contributed by atoms with Gasteiger partial charge in [-0.15, -0.1) is 0 Å². The SMILES string of the molecule is Cc1cccc(C)c1-n1c2ccccc2c2c1c(C)cn2C. The van der Waals surface area contributed by atoms with E-state index in [0.29, 0.717) is 0 Å². The Hall–Kier alpha value is -2.48. The summed E-state index contributed by atoms with van der Waals surface area (Å²) < 4.78 is 4.68. The van der Waals surface area contributed by atoms with Crippen molar-refractivity contribution in [2.75, 3.05) is 0 Å². The van der Waals surface area contributed by atoms with Gasteiger partial charge < -0.3 is 9.13 Å². The van der Waals surface area contributed by atoms with E-state index in [1.807, 2.05) is 0 Å². The van der Waals surface area contributed by atoms with E-state index < -0.39 is 0 Å². The molecular formula is C20H20N2. The molecule has 2 heterocycles. The molecule has 0 aliphatic carbocycles. The monoisotopic (exact) mass is 288 g/mol. The molecule has 110 valence electrons. The Morgan fingerprint density at radius 3 is 2.14 bits per heavy atom. The van der Waals surface area contributed by atoms with Gasteiger partial charge in [0.05, 0.1) is 22.2 Å². The molecule has 22 heavy (non-hydrogen) atoms. The van der Waals surface area contributed by atoms with E-state index >= 15 is 0 Å². The predicted molar refractivity (Wildman–Crippen MR) is 94.0 cm³/mol. The van der Waals surface area contributed by atoms with E-state index in [-0.39, 0.29) is 0 Å². The molecule has 0 fully saturated rings. The fourth-order valence-corrected chi connectivity index (χ4v) is 3.75. The second-order valence-corrected chi connectivity index (χ2v) is 6.21. The Labute approximate surface area is 130 Å². The van der Waals surface area contributed by atoms with Crippen molar-refractivity contribution in [3.8, 4) is 5.69 Å². The third kappa shape index (κ3) is 1.61. The van der Waals surface area contributed by atoms with E-state index in [4.69, 9.17) is 0 Å². The molecule has 0 aliphatic rings. The first-order valence-corrected chi connectivity index (χ1v) is 7.71. The fourth-order valence-electron chi connectivity index (χ4n) is 3.75. The van der Waals surface area contributed by atoms with Gasteiger partial charge in [0.1, 0.15) is 0 Å². The van der Waals surface area contributed by atoms with Crippen LogP contribution in [0.15, 0.2) is 48.7 Å². The van der Waals surface area contributed by atoms with Crippen LogP contribution in [0.4, 0.5) is 0 Å². The van der Waals surface area contributed by atoms with Crippen molar-refractivity contribution in [3.05, 3.63) is 65.4 Å². The lowest BCUT2D eigenvalue weighted by molar-refractivity contribution is 0.968. The Bertz CT molecular complexity index is 995. The van der Waals surface area contributed by atoms with Crippen LogP contribution in [0, 0.1) is 20.8 Å². The number of fused-ring (bicyclic) bond motifs is 3. The standard InChI is InChI=1S/C20H20N2/c1-13-8-7-9-14(2)18(13)22-17-11-6-5-10-16(17)20-19(22)15(3)12-21(20)4/h5-12H,1-4H3. The van der Waals surface area contributed by atoms with Crippen molar-refractivity contribution >= 4 is 21.9 Å². The highest BCUT2D eigenvalue weighted by Crippen LogP contribution is 2.36. The Kier molecular flexibility index (Phi) is 2.70. The highest BCUT2D eigenvalue weighted by molar-refractivity contribution is 6.09. The Morgan fingerprint density at radius 1 is 0.727 bits per heavy atom. The number of nitrogens with zero attached hydrogens (tertiary/aromatic N) is 2. The molecule has 2 heteroatoms. The highest BCUT2D eigenvalue weighted by Gasteiger charge is 2.18. The quantitative estimate of drug-likeness (QED) is 0.464. The number of aryl methyl sites for hydroxylation is 4. The topological polar surface area (TPSA) is 9.86 Å². The van der Waals surface area contributed by atoms with E-state index in [1.54, 1.807) is 0 Å². The van der Waals surface area contributed by atoms with Crippen LogP contribution in [0.25, 0.3) is 27.6 Å². The molecule has 0 saturated heterocycles. The molecule has 0 saturated carbocycles. The van der Waals surface area contributed by atoms with Crippen LogP contribution >= 0.6 is 0 Å². The summed E-state index contributed by atoms with van der Waals surface area (Å²) in [7, 11) is 2.14. The lowest BCUT2D eigenvalue weighted by Gasteiger charge is -2.14. The molecule has 0 spiro atoms. The van der Waals surface area contributed by atoms with Gasteiger partial charge in [0, 0.05) is 18.6 Å². The van der Waals surface area contributed by atoms with Gasteiger partial charge in [0.2, 0.25) is 0 Å². The van der Waals surface area contributed by atoms with Crippen LogP contribution in [0.2, 0.25) is 0 Å². The minimum absolute atomic E-state index is 1.28. The van der Waals surface area contributed by atoms with Gasteiger partial charge in [-0.1, -0.05) is 36.4 Å². The van der Waals surface area contributed by atoms with Gasteiger partial charge in [-0.25, -0.2) is 0 Å². The maximum absolute atomic E-state index is 2.44. The molecule has 0 unspecified atom stereocenters. The van der Waals surface area contributed by atoms with Crippen LogP contribution < -0.4 is 0 Å². The molecule has 0 bridgehead atoms. The molecule has 4 rings (SSSR count). The van der Waals surface area contributed by atoms with Crippen molar-refractivity contribution in [1.29, 1.82) is 0 Å². The Balaban J connectivity index is 2.30. The van der Waals surface area contributed by atoms with E-state index in [1.165, 1.54) is 44.3 Å². The van der Waals surface area contributed by atoms with Gasteiger partial charge in [-0.05, 0) is 43.5 Å². The number of benzene rings is 2. The smallest absolute Gasteiger partial charge is 0.0750 e. The first kappa shape index (κ1) is 13.2. The van der Waals surface area contributed by atoms with Crippen molar-refractivity contribution < 1.29 is 0 Å². The number of hydrogen-bond donors (Lipinski definition) is 0. The molecule has 0 amide bonds. The van der Waals surface area contributed by atoms with Crippen LogP contribution in [0.5, 0.6) is 0 Å². The second-order valence-electron chi connectivity index (χ2n) is 6.21. The summed E-state index contributed by atoms with van der Waals surface area (Å²) in [6.45, 7) is 6.59. The zero-order valence-corrected chi connectivity index (χ0v) is 13.5. The lowest BCUT2D eigenvalue weighted by Crippen LogP contribution is -2.00. The summed E-state index contributed by atoms with van der Waals surface area (Å²) >= 11 is 0. The van der Waals surface area contributed by atoms with Crippen LogP contribution in [0.1, 0.15) is 16.7 Å². The normalized spacial score (nSPS) is 11.6. The zero-order chi connectivity index (χ0) is 15.4. The van der Waals surface area contributed by atoms with E-state index in [2.05, 4.69) is 85.6 Å². The molecule has 2 aromatic carbocycles. The molecule has 0 radical (unpaired) electrons. The largest absolute Gasteiger partial charge is 0.348 e. The van der Waals surface area contributed by atoms with Crippen molar-refractivity contribution in [1.82, 2.24) is 9.13 Å². The predicted octanol–water partition coefficient (Wildman–Crippen LogP) is 5.05. The summed E-state index contributed by atoms with van der Waals surface area (Å²) in [6, 6.07) is 15.2. The van der Waals surface area contributed by atoms with Crippen molar-refractivity contribution in [2.24, 2.45) is 7.05 Å². The third-order valence-corrected chi connectivity index (χ3v) is 4.62. The van der Waals surface area contributed by atoms with Gasteiger partial charge in [0.15, 0.2) is 0 Å². The van der Waals surface area contributed by atoms with Gasteiger partial charge in [0.25, 0.3) is 0 Å². The minimum Gasteiger partial charge on any atom is -0.348 e. The summed E-state index contributed by atoms with van der Waals surface area (Å²) in [5.74, 6) is 0. The molecule has 0 atom stereocenters. The van der Waals surface area contributed by atoms with Crippen LogP contribution in [-0.2, 0) is 7.05 Å². The highest BCUT2D eigenvalue weighted by atomic mass is 15.0. The minimum atomic E-state index is 1.28. The summed E-state index contributed by atoms with van der Waals surface area (Å²) in [5, 5.41) is 1.32. The first-order valence-electron chi connectivity index (χ1n) is 7.71. The average Bonchev–Trinajstić information content (AvgIpc) is 2.97. The number of rotatable bonds is 1. The zero-order valence-electron chi connectivity index (χ0n) is 13.5. The number of aromatic nitrogens is 2. The van der Waals surface area contributed by atoms with Gasteiger partial charge in [-0.3, -0.25) is 0 Å². The second kappa shape index (κ2) is 4.51. The van der Waals surface area contributed by atoms with E-state index in [9.17, 15) is 0 Å². The van der Waals surface area contributed by atoms with E-state index in [0.717, 1.165) is 0 Å². The van der Waals surface area contributed by atoms with Crippen LogP contribution in [0.3, 0.4) is 0 Å². The summed E-state index contributed by atoms with van der Waals surface area (Å²) in [5.41, 5.74) is 9.16. The molecule has 4 aromatic rings. The molecule has 2 aromatic heterocycles. The molecule has 2 nitrogen and oxygen atoms in total. The fraction of sp³-hybridized carbons (Fsp3) is 0.200. The molecule has 0 aliphatic heterocycles.